The summed E-state index contributed by atoms with van der Waals surface area (Å²) in [5, 5.41) is 2.14. The van der Waals surface area contributed by atoms with Gasteiger partial charge in [-0.25, -0.2) is 0 Å². The molecule has 3 nitrogen and oxygen atoms in total. The molecule has 0 radical (unpaired) electrons. The molecule has 0 atom stereocenters. The van der Waals surface area contributed by atoms with E-state index in [1.54, 1.807) is 0 Å². The summed E-state index contributed by atoms with van der Waals surface area (Å²) in [5.41, 5.74) is 14.4. The predicted octanol–water partition coefficient (Wildman–Crippen LogP) is 2.75. The van der Waals surface area contributed by atoms with E-state index in [0.29, 0.717) is 11.4 Å². The first-order valence-corrected chi connectivity index (χ1v) is 4.71. The van der Waals surface area contributed by atoms with Crippen LogP contribution >= 0.6 is 0 Å². The zero-order valence-corrected chi connectivity index (χ0v) is 8.03. The van der Waals surface area contributed by atoms with Gasteiger partial charge in [0.05, 0.1) is 0 Å². The van der Waals surface area contributed by atoms with Gasteiger partial charge in [-0.05, 0) is 24.3 Å². The molecule has 0 saturated carbocycles. The van der Waals surface area contributed by atoms with Crippen LogP contribution in [0.15, 0.2) is 40.8 Å². The minimum Gasteiger partial charge on any atom is -0.456 e. The van der Waals surface area contributed by atoms with Crippen molar-refractivity contribution in [2.45, 2.75) is 0 Å². The normalized spacial score (nSPS) is 11.2. The molecule has 74 valence electrons. The molecule has 1 heterocycles. The fraction of sp³-hybridized carbons (Fsp3) is 0. The van der Waals surface area contributed by atoms with Crippen molar-refractivity contribution in [3.05, 3.63) is 36.4 Å². The van der Waals surface area contributed by atoms with Gasteiger partial charge in [-0.3, -0.25) is 0 Å². The van der Waals surface area contributed by atoms with Crippen LogP contribution in [0, 0.1) is 0 Å². The third-order valence-corrected chi connectivity index (χ3v) is 2.52. The first-order valence-electron chi connectivity index (χ1n) is 4.71. The van der Waals surface area contributed by atoms with Crippen molar-refractivity contribution in [2.24, 2.45) is 0 Å². The Labute approximate surface area is 86.3 Å². The van der Waals surface area contributed by atoms with Crippen LogP contribution in [0.3, 0.4) is 0 Å². The molecule has 0 spiro atoms. The second-order valence-corrected chi connectivity index (χ2v) is 3.61. The highest BCUT2D eigenvalue weighted by molar-refractivity contribution is 6.06. The molecule has 3 rings (SSSR count). The van der Waals surface area contributed by atoms with E-state index in [0.717, 1.165) is 21.9 Å². The molecule has 3 heteroatoms. The van der Waals surface area contributed by atoms with Crippen LogP contribution < -0.4 is 11.5 Å². The van der Waals surface area contributed by atoms with Gasteiger partial charge in [-0.2, -0.15) is 0 Å². The lowest BCUT2D eigenvalue weighted by Crippen LogP contribution is -1.82. The number of hydrogen-bond acceptors (Lipinski definition) is 3. The predicted molar refractivity (Wildman–Crippen MR) is 62.5 cm³/mol. The van der Waals surface area contributed by atoms with E-state index < -0.39 is 0 Å². The monoisotopic (exact) mass is 198 g/mol. The van der Waals surface area contributed by atoms with Gasteiger partial charge in [-0.15, -0.1) is 0 Å². The Morgan fingerprint density at radius 3 is 1.67 bits per heavy atom. The molecule has 3 aromatic rings. The number of rotatable bonds is 0. The number of nitrogen functional groups attached to an aromatic ring is 2. The van der Waals surface area contributed by atoms with Crippen molar-refractivity contribution in [3.63, 3.8) is 0 Å². The Hall–Kier alpha value is -2.16. The second kappa shape index (κ2) is 2.67. The molecule has 4 N–H and O–H groups in total. The van der Waals surface area contributed by atoms with Gasteiger partial charge in [0.2, 0.25) is 0 Å². The van der Waals surface area contributed by atoms with Gasteiger partial charge >= 0.3 is 0 Å². The van der Waals surface area contributed by atoms with E-state index >= 15 is 0 Å². The van der Waals surface area contributed by atoms with Crippen LogP contribution in [-0.2, 0) is 0 Å². The van der Waals surface area contributed by atoms with Gasteiger partial charge in [0.1, 0.15) is 11.2 Å². The minimum atomic E-state index is 0.703. The van der Waals surface area contributed by atoms with Crippen molar-refractivity contribution in [1.82, 2.24) is 0 Å². The van der Waals surface area contributed by atoms with E-state index in [9.17, 15) is 0 Å². The average molecular weight is 198 g/mol. The van der Waals surface area contributed by atoms with Gasteiger partial charge in [0.25, 0.3) is 0 Å². The third kappa shape index (κ3) is 1.13. The van der Waals surface area contributed by atoms with Gasteiger partial charge in [0, 0.05) is 34.3 Å². The maximum atomic E-state index is 5.69. The Morgan fingerprint density at radius 1 is 0.733 bits per heavy atom. The Morgan fingerprint density at radius 2 is 1.20 bits per heavy atom. The standard InChI is InChI=1S/C12H10N2O/c13-7-1-3-9-10-4-2-8(14)6-12(10)15-11(9)5-7/h1-6H,13-14H2. The molecule has 15 heavy (non-hydrogen) atoms. The van der Waals surface area contributed by atoms with Crippen molar-refractivity contribution in [1.29, 1.82) is 0 Å². The lowest BCUT2D eigenvalue weighted by atomic mass is 10.1. The highest BCUT2D eigenvalue weighted by Crippen LogP contribution is 2.30. The molecular weight excluding hydrogens is 188 g/mol. The molecule has 2 aromatic carbocycles. The molecule has 0 fully saturated rings. The molecule has 1 aromatic heterocycles. The molecular formula is C12H10N2O. The van der Waals surface area contributed by atoms with Crippen LogP contribution in [0.1, 0.15) is 0 Å². The summed E-state index contributed by atoms with van der Waals surface area (Å²) < 4.78 is 5.65. The van der Waals surface area contributed by atoms with Gasteiger partial charge in [-0.1, -0.05) is 0 Å². The van der Waals surface area contributed by atoms with Crippen molar-refractivity contribution in [3.8, 4) is 0 Å². The average Bonchev–Trinajstić information content (AvgIpc) is 2.53. The Bertz CT molecular complexity index is 599. The lowest BCUT2D eigenvalue weighted by molar-refractivity contribution is 0.669. The van der Waals surface area contributed by atoms with Crippen LogP contribution in [0.25, 0.3) is 21.9 Å². The molecule has 0 aliphatic rings. The topological polar surface area (TPSA) is 65.2 Å². The molecule has 0 bridgehead atoms. The highest BCUT2D eigenvalue weighted by Gasteiger charge is 2.06. The molecule has 0 saturated heterocycles. The number of anilines is 2. The maximum Gasteiger partial charge on any atom is 0.137 e. The first-order chi connectivity index (χ1) is 7.24. The summed E-state index contributed by atoms with van der Waals surface area (Å²) in [7, 11) is 0. The fourth-order valence-electron chi connectivity index (χ4n) is 1.81. The summed E-state index contributed by atoms with van der Waals surface area (Å²) in [6.07, 6.45) is 0. The van der Waals surface area contributed by atoms with Gasteiger partial charge < -0.3 is 15.9 Å². The summed E-state index contributed by atoms with van der Waals surface area (Å²) in [4.78, 5) is 0. The Kier molecular flexibility index (Phi) is 1.45. The maximum absolute atomic E-state index is 5.69. The minimum absolute atomic E-state index is 0.703. The van der Waals surface area contributed by atoms with Crippen LogP contribution in [0.2, 0.25) is 0 Å². The van der Waals surface area contributed by atoms with E-state index in [1.807, 2.05) is 36.4 Å². The number of hydrogen-bond donors (Lipinski definition) is 2. The summed E-state index contributed by atoms with van der Waals surface area (Å²) in [5.74, 6) is 0. The first kappa shape index (κ1) is 8.17. The number of nitrogens with two attached hydrogens (primary N) is 2. The second-order valence-electron chi connectivity index (χ2n) is 3.61. The number of benzene rings is 2. The van der Waals surface area contributed by atoms with Crippen molar-refractivity contribution < 1.29 is 4.42 Å². The smallest absolute Gasteiger partial charge is 0.137 e. The molecule has 0 aliphatic carbocycles. The van der Waals surface area contributed by atoms with Gasteiger partial charge in [0.15, 0.2) is 0 Å². The van der Waals surface area contributed by atoms with Crippen LogP contribution in [0.5, 0.6) is 0 Å². The summed E-state index contributed by atoms with van der Waals surface area (Å²) >= 11 is 0. The summed E-state index contributed by atoms with van der Waals surface area (Å²) in [6, 6.07) is 11.3. The molecule has 0 unspecified atom stereocenters. The summed E-state index contributed by atoms with van der Waals surface area (Å²) in [6.45, 7) is 0. The SMILES string of the molecule is Nc1ccc2c(c1)oc1cc(N)ccc12. The van der Waals surface area contributed by atoms with E-state index in [1.165, 1.54) is 0 Å². The number of furan rings is 1. The molecule has 0 aliphatic heterocycles. The fourth-order valence-corrected chi connectivity index (χ4v) is 1.81. The third-order valence-electron chi connectivity index (χ3n) is 2.52. The molecule has 0 amide bonds. The van der Waals surface area contributed by atoms with Crippen molar-refractivity contribution >= 4 is 33.3 Å². The number of fused-ring (bicyclic) bond motifs is 3. The van der Waals surface area contributed by atoms with E-state index in [-0.39, 0.29) is 0 Å². The van der Waals surface area contributed by atoms with Crippen LogP contribution in [-0.4, -0.2) is 0 Å². The lowest BCUT2D eigenvalue weighted by Gasteiger charge is -1.91. The zero-order valence-electron chi connectivity index (χ0n) is 8.03. The van der Waals surface area contributed by atoms with Crippen LogP contribution in [0.4, 0.5) is 11.4 Å². The zero-order chi connectivity index (χ0) is 10.4. The Balaban J connectivity index is 2.51. The van der Waals surface area contributed by atoms with E-state index in [4.69, 9.17) is 15.9 Å². The van der Waals surface area contributed by atoms with Crippen molar-refractivity contribution in [2.75, 3.05) is 11.5 Å². The van der Waals surface area contributed by atoms with E-state index in [2.05, 4.69) is 0 Å². The largest absolute Gasteiger partial charge is 0.456 e. The highest BCUT2D eigenvalue weighted by atomic mass is 16.3. The quantitative estimate of drug-likeness (QED) is 0.546.